The lowest BCUT2D eigenvalue weighted by Crippen LogP contribution is -2.44. The number of carbonyl (C=O) groups excluding carboxylic acids is 1. The Morgan fingerprint density at radius 2 is 1.62 bits per heavy atom. The zero-order valence-electron chi connectivity index (χ0n) is 20.2. The number of nitrogens with one attached hydrogen (secondary N) is 1. The van der Waals surface area contributed by atoms with Crippen LogP contribution in [-0.2, 0) is 20.8 Å². The Kier molecular flexibility index (Phi) is 8.41. The van der Waals surface area contributed by atoms with Crippen molar-refractivity contribution in [3.05, 3.63) is 89.0 Å². The van der Waals surface area contributed by atoms with Gasteiger partial charge in [-0.25, -0.2) is 4.31 Å². The molecule has 0 aromatic heterocycles. The highest BCUT2D eigenvalue weighted by molar-refractivity contribution is 7.98. The van der Waals surface area contributed by atoms with E-state index >= 15 is 0 Å². The number of benzene rings is 3. The van der Waals surface area contributed by atoms with E-state index in [1.165, 1.54) is 19.0 Å². The molecule has 1 amide bonds. The van der Waals surface area contributed by atoms with Gasteiger partial charge < -0.3 is 5.32 Å². The third-order valence-corrected chi connectivity index (χ3v) is 8.26. The standard InChI is InChI=1S/C26H31N3O3S2/c1-19-11-12-20(2)25(15-19)29(34(31,32)28(4)5)17-26(30)27-24-14-13-22(16-21(24)3)18-33-23-9-7-6-8-10-23/h6-16H,17-18H2,1-5H3,(H,27,30). The first-order valence-electron chi connectivity index (χ1n) is 10.9. The summed E-state index contributed by atoms with van der Waals surface area (Å²) >= 11 is 1.75. The van der Waals surface area contributed by atoms with Crippen molar-refractivity contribution in [3.63, 3.8) is 0 Å². The molecule has 8 heteroatoms. The molecule has 3 rings (SSSR count). The van der Waals surface area contributed by atoms with Gasteiger partial charge in [0.25, 0.3) is 0 Å². The summed E-state index contributed by atoms with van der Waals surface area (Å²) in [4.78, 5) is 14.2. The Bertz CT molecular complexity index is 1260. The van der Waals surface area contributed by atoms with Crippen molar-refractivity contribution in [1.82, 2.24) is 4.31 Å². The molecule has 0 atom stereocenters. The number of carbonyl (C=O) groups is 1. The van der Waals surface area contributed by atoms with Crippen molar-refractivity contribution in [1.29, 1.82) is 0 Å². The predicted octanol–water partition coefficient (Wildman–Crippen LogP) is 5.16. The van der Waals surface area contributed by atoms with Crippen molar-refractivity contribution >= 4 is 39.3 Å². The molecule has 0 aliphatic carbocycles. The molecule has 0 saturated heterocycles. The molecule has 34 heavy (non-hydrogen) atoms. The molecule has 1 N–H and O–H groups in total. The van der Waals surface area contributed by atoms with Gasteiger partial charge in [-0.05, 0) is 67.3 Å². The Hall–Kier alpha value is -2.81. The third kappa shape index (κ3) is 6.40. The van der Waals surface area contributed by atoms with Crippen LogP contribution in [0.1, 0.15) is 22.3 Å². The van der Waals surface area contributed by atoms with E-state index in [0.29, 0.717) is 11.4 Å². The average molecular weight is 498 g/mol. The monoisotopic (exact) mass is 497 g/mol. The molecule has 0 radical (unpaired) electrons. The molecule has 3 aromatic rings. The molecular weight excluding hydrogens is 466 g/mol. The molecule has 0 bridgehead atoms. The van der Waals surface area contributed by atoms with Crippen LogP contribution in [0.4, 0.5) is 11.4 Å². The summed E-state index contributed by atoms with van der Waals surface area (Å²) < 4.78 is 28.4. The minimum atomic E-state index is -3.87. The number of rotatable bonds is 9. The van der Waals surface area contributed by atoms with Crippen LogP contribution in [0.25, 0.3) is 0 Å². The van der Waals surface area contributed by atoms with Crippen LogP contribution in [0.15, 0.2) is 71.6 Å². The summed E-state index contributed by atoms with van der Waals surface area (Å²) in [7, 11) is -0.946. The maximum atomic E-state index is 13.1. The first-order valence-corrected chi connectivity index (χ1v) is 13.3. The summed E-state index contributed by atoms with van der Waals surface area (Å²) in [6, 6.07) is 21.7. The molecule has 0 saturated carbocycles. The normalized spacial score (nSPS) is 11.5. The van der Waals surface area contributed by atoms with Gasteiger partial charge in [0.2, 0.25) is 5.91 Å². The van der Waals surface area contributed by atoms with E-state index in [9.17, 15) is 13.2 Å². The Balaban J connectivity index is 1.76. The van der Waals surface area contributed by atoms with E-state index < -0.39 is 16.1 Å². The van der Waals surface area contributed by atoms with E-state index in [1.54, 1.807) is 17.8 Å². The zero-order valence-corrected chi connectivity index (χ0v) is 21.8. The number of nitrogens with zero attached hydrogens (tertiary/aromatic N) is 2. The highest BCUT2D eigenvalue weighted by Crippen LogP contribution is 2.27. The number of thioether (sulfide) groups is 1. The highest BCUT2D eigenvalue weighted by Gasteiger charge is 2.28. The van der Waals surface area contributed by atoms with Crippen molar-refractivity contribution in [3.8, 4) is 0 Å². The van der Waals surface area contributed by atoms with Gasteiger partial charge in [-0.3, -0.25) is 4.79 Å². The summed E-state index contributed by atoms with van der Waals surface area (Å²) in [5.74, 6) is 0.418. The lowest BCUT2D eigenvalue weighted by molar-refractivity contribution is -0.114. The quantitative estimate of drug-likeness (QED) is 0.415. The minimum absolute atomic E-state index is 0.324. The van der Waals surface area contributed by atoms with Crippen LogP contribution in [0.2, 0.25) is 0 Å². The van der Waals surface area contributed by atoms with Crippen molar-refractivity contribution < 1.29 is 13.2 Å². The molecular formula is C26H31N3O3S2. The Morgan fingerprint density at radius 3 is 2.26 bits per heavy atom. The van der Waals surface area contributed by atoms with E-state index in [-0.39, 0.29) is 6.54 Å². The van der Waals surface area contributed by atoms with Gasteiger partial charge in [-0.2, -0.15) is 12.7 Å². The molecule has 0 aliphatic heterocycles. The predicted molar refractivity (Wildman–Crippen MR) is 142 cm³/mol. The second-order valence-corrected chi connectivity index (χ2v) is 11.5. The number of anilines is 2. The van der Waals surface area contributed by atoms with E-state index in [0.717, 1.165) is 36.6 Å². The Morgan fingerprint density at radius 1 is 0.912 bits per heavy atom. The zero-order chi connectivity index (χ0) is 24.9. The van der Waals surface area contributed by atoms with Gasteiger partial charge in [-0.15, -0.1) is 11.8 Å². The SMILES string of the molecule is Cc1ccc(C)c(N(CC(=O)Nc2ccc(CSc3ccccc3)cc2C)S(=O)(=O)N(C)C)c1. The second-order valence-electron chi connectivity index (χ2n) is 8.39. The highest BCUT2D eigenvalue weighted by atomic mass is 32.2. The lowest BCUT2D eigenvalue weighted by atomic mass is 10.1. The topological polar surface area (TPSA) is 69.7 Å². The van der Waals surface area contributed by atoms with Gasteiger partial charge in [0, 0.05) is 30.4 Å². The summed E-state index contributed by atoms with van der Waals surface area (Å²) in [6.45, 7) is 5.34. The molecule has 3 aromatic carbocycles. The van der Waals surface area contributed by atoms with E-state index in [2.05, 4.69) is 17.4 Å². The van der Waals surface area contributed by atoms with Gasteiger partial charge in [-0.1, -0.05) is 42.5 Å². The Labute approximate surface area is 207 Å². The molecule has 0 spiro atoms. The third-order valence-electron chi connectivity index (χ3n) is 5.37. The van der Waals surface area contributed by atoms with Gasteiger partial charge in [0.05, 0.1) is 5.69 Å². The molecule has 0 fully saturated rings. The van der Waals surface area contributed by atoms with Crippen LogP contribution in [0.3, 0.4) is 0 Å². The lowest BCUT2D eigenvalue weighted by Gasteiger charge is -2.28. The average Bonchev–Trinajstić information content (AvgIpc) is 2.80. The van der Waals surface area contributed by atoms with E-state index in [4.69, 9.17) is 0 Å². The molecule has 6 nitrogen and oxygen atoms in total. The van der Waals surface area contributed by atoms with Gasteiger partial charge >= 0.3 is 10.2 Å². The van der Waals surface area contributed by atoms with Gasteiger partial charge in [0.15, 0.2) is 0 Å². The number of hydrogen-bond acceptors (Lipinski definition) is 4. The number of amides is 1. The molecule has 0 aliphatic rings. The minimum Gasteiger partial charge on any atom is -0.324 e. The molecule has 0 unspecified atom stereocenters. The fourth-order valence-corrected chi connectivity index (χ4v) is 5.42. The van der Waals surface area contributed by atoms with Crippen LogP contribution < -0.4 is 9.62 Å². The fraction of sp³-hybridized carbons (Fsp3) is 0.269. The van der Waals surface area contributed by atoms with Crippen LogP contribution >= 0.6 is 11.8 Å². The summed E-state index contributed by atoms with van der Waals surface area (Å²) in [6.07, 6.45) is 0. The fourth-order valence-electron chi connectivity index (χ4n) is 3.44. The first kappa shape index (κ1) is 25.8. The second kappa shape index (κ2) is 11.1. The van der Waals surface area contributed by atoms with E-state index in [1.807, 2.05) is 69.3 Å². The maximum Gasteiger partial charge on any atom is 0.304 e. The first-order chi connectivity index (χ1) is 16.1. The molecule has 0 heterocycles. The number of aryl methyl sites for hydroxylation is 3. The molecule has 180 valence electrons. The van der Waals surface area contributed by atoms with Crippen molar-refractivity contribution in [2.75, 3.05) is 30.3 Å². The summed E-state index contributed by atoms with van der Waals surface area (Å²) in [5.41, 5.74) is 4.93. The largest absolute Gasteiger partial charge is 0.324 e. The van der Waals surface area contributed by atoms with Gasteiger partial charge in [0.1, 0.15) is 6.54 Å². The smallest absolute Gasteiger partial charge is 0.304 e. The number of hydrogen-bond donors (Lipinski definition) is 1. The van der Waals surface area contributed by atoms with Crippen LogP contribution in [0.5, 0.6) is 0 Å². The van der Waals surface area contributed by atoms with Crippen LogP contribution in [0, 0.1) is 20.8 Å². The van der Waals surface area contributed by atoms with Crippen LogP contribution in [-0.4, -0.2) is 39.3 Å². The van der Waals surface area contributed by atoms with Crippen molar-refractivity contribution in [2.24, 2.45) is 0 Å². The van der Waals surface area contributed by atoms with Crippen molar-refractivity contribution in [2.45, 2.75) is 31.4 Å². The summed E-state index contributed by atoms with van der Waals surface area (Å²) in [5, 5.41) is 2.89. The maximum absolute atomic E-state index is 13.1.